The summed E-state index contributed by atoms with van der Waals surface area (Å²) in [6.45, 7) is 0.869. The predicted molar refractivity (Wildman–Crippen MR) is 147 cm³/mol. The average Bonchev–Trinajstić information content (AvgIpc) is 3.46. The number of carboxylic acids is 2. The van der Waals surface area contributed by atoms with Crippen LogP contribution in [0.5, 0.6) is 5.75 Å². The lowest BCUT2D eigenvalue weighted by molar-refractivity contribution is -0.187. The number of Topliss-reactive ketones (excluding diaryl/α,β-unsaturated/α-hetero) is 2. The molecular weight excluding hydrogens is 530 g/mol. The molecule has 10 nitrogen and oxygen atoms in total. The van der Waals surface area contributed by atoms with Gasteiger partial charge in [-0.05, 0) is 49.1 Å². The van der Waals surface area contributed by atoms with Gasteiger partial charge < -0.3 is 30.5 Å². The highest BCUT2D eigenvalue weighted by Gasteiger charge is 2.69. The summed E-state index contributed by atoms with van der Waals surface area (Å²) in [4.78, 5) is 48.5. The minimum absolute atomic E-state index is 0.391. The highest BCUT2D eigenvalue weighted by molar-refractivity contribution is 6.28. The summed E-state index contributed by atoms with van der Waals surface area (Å²) < 4.78 is 5.61. The predicted octanol–water partition coefficient (Wildman–Crippen LogP) is 2.08. The SMILES string of the molecule is CNC1CCc2cc3c(cc2C1)OCC3.O=C(O)C(O)(C(=O)c1ccccc1)C(O)(C(=O)O)C(=O)c1ccccc1. The van der Waals surface area contributed by atoms with Gasteiger partial charge in [0.15, 0.2) is 0 Å². The third-order valence-electron chi connectivity index (χ3n) is 7.52. The number of likely N-dealkylation sites (N-methyl/N-ethyl adjacent to an activating group) is 1. The zero-order valence-corrected chi connectivity index (χ0v) is 22.4. The lowest BCUT2D eigenvalue weighted by atomic mass is 9.73. The van der Waals surface area contributed by atoms with Gasteiger partial charge in [-0.15, -0.1) is 0 Å². The van der Waals surface area contributed by atoms with E-state index >= 15 is 0 Å². The highest BCUT2D eigenvalue weighted by Crippen LogP contribution is 2.33. The van der Waals surface area contributed by atoms with Crippen molar-refractivity contribution < 1.29 is 44.3 Å². The molecule has 5 N–H and O–H groups in total. The van der Waals surface area contributed by atoms with E-state index in [-0.39, 0.29) is 0 Å². The minimum atomic E-state index is -3.95. The molecule has 0 saturated carbocycles. The van der Waals surface area contributed by atoms with E-state index in [1.54, 1.807) is 5.56 Å². The Hall–Kier alpha value is -4.38. The van der Waals surface area contributed by atoms with Gasteiger partial charge in [0, 0.05) is 23.6 Å². The number of ether oxygens (including phenoxy) is 1. The fourth-order valence-corrected chi connectivity index (χ4v) is 5.11. The fourth-order valence-electron chi connectivity index (χ4n) is 5.11. The summed E-state index contributed by atoms with van der Waals surface area (Å²) in [5, 5.41) is 43.2. The van der Waals surface area contributed by atoms with Gasteiger partial charge in [0.2, 0.25) is 11.6 Å². The number of hydrogen-bond donors (Lipinski definition) is 5. The molecule has 3 aromatic carbocycles. The van der Waals surface area contributed by atoms with Crippen molar-refractivity contribution in [2.75, 3.05) is 13.7 Å². The first-order valence-electron chi connectivity index (χ1n) is 13.1. The molecule has 1 aliphatic heterocycles. The van der Waals surface area contributed by atoms with Crippen LogP contribution in [0.3, 0.4) is 0 Å². The maximum absolute atomic E-state index is 12.6. The van der Waals surface area contributed by atoms with Crippen LogP contribution in [0, 0.1) is 0 Å². The molecule has 41 heavy (non-hydrogen) atoms. The molecule has 0 fully saturated rings. The number of hydrogen-bond acceptors (Lipinski definition) is 8. The molecule has 1 aliphatic carbocycles. The van der Waals surface area contributed by atoms with E-state index in [1.165, 1.54) is 60.4 Å². The first-order valence-corrected chi connectivity index (χ1v) is 13.1. The largest absolute Gasteiger partial charge is 0.493 e. The number of fused-ring (bicyclic) bond motifs is 2. The number of rotatable bonds is 8. The number of aliphatic carboxylic acids is 2. The van der Waals surface area contributed by atoms with Gasteiger partial charge in [-0.25, -0.2) is 9.59 Å². The molecule has 0 saturated heterocycles. The number of benzene rings is 3. The summed E-state index contributed by atoms with van der Waals surface area (Å²) in [6.07, 6.45) is 4.73. The number of aryl methyl sites for hydroxylation is 1. The molecule has 0 radical (unpaired) electrons. The number of carboxylic acid groups (broad SMARTS) is 2. The van der Waals surface area contributed by atoms with Crippen LogP contribution in [0.25, 0.3) is 0 Å². The lowest BCUT2D eigenvalue weighted by Gasteiger charge is -2.34. The molecule has 0 amide bonds. The number of nitrogens with one attached hydrogen (secondary N) is 1. The Balaban J connectivity index is 0.000000216. The molecule has 0 bridgehead atoms. The number of carbonyl (C=O) groups excluding carboxylic acids is 2. The normalized spacial score (nSPS) is 18.2. The Bertz CT molecular complexity index is 1380. The number of ketones is 2. The Morgan fingerprint density at radius 2 is 1.27 bits per heavy atom. The van der Waals surface area contributed by atoms with Crippen LogP contribution in [-0.4, -0.2) is 74.8 Å². The van der Waals surface area contributed by atoms with Gasteiger partial charge in [-0.3, -0.25) is 9.59 Å². The molecule has 0 aromatic heterocycles. The van der Waals surface area contributed by atoms with E-state index in [1.807, 2.05) is 0 Å². The second-order valence-electron chi connectivity index (χ2n) is 9.98. The van der Waals surface area contributed by atoms with Crippen molar-refractivity contribution in [3.63, 3.8) is 0 Å². The summed E-state index contributed by atoms with van der Waals surface area (Å²) in [5.41, 5.74) is -4.24. The fraction of sp³-hybridized carbons (Fsp3) is 0.290. The van der Waals surface area contributed by atoms with Crippen LogP contribution in [0.15, 0.2) is 72.8 Å². The Morgan fingerprint density at radius 1 is 0.756 bits per heavy atom. The van der Waals surface area contributed by atoms with E-state index in [0.29, 0.717) is 6.04 Å². The molecule has 3 aromatic rings. The molecule has 10 heteroatoms. The van der Waals surface area contributed by atoms with Crippen molar-refractivity contribution in [2.24, 2.45) is 0 Å². The van der Waals surface area contributed by atoms with E-state index in [2.05, 4.69) is 24.5 Å². The van der Waals surface area contributed by atoms with Crippen molar-refractivity contribution in [1.29, 1.82) is 0 Å². The van der Waals surface area contributed by atoms with Crippen LogP contribution < -0.4 is 10.1 Å². The average molecular weight is 562 g/mol. The minimum Gasteiger partial charge on any atom is -0.493 e. The van der Waals surface area contributed by atoms with Gasteiger partial charge in [0.05, 0.1) is 6.61 Å². The topological polar surface area (TPSA) is 170 Å². The molecule has 2 aliphatic rings. The third-order valence-corrected chi connectivity index (χ3v) is 7.52. The second kappa shape index (κ2) is 12.0. The standard InChI is InChI=1S/C18H14O8.C13H17NO/c19-13(11-7-3-1-4-8-11)17(25,15(21)22)18(26,16(23)24)14(20)12-9-5-2-6-10-12;1-14-12-3-2-9-6-10-4-5-15-13(10)8-11(9)7-12/h1-10,25-26H,(H,21,22)(H,23,24);6,8,12,14H,2-5,7H2,1H3. The second-order valence-corrected chi connectivity index (χ2v) is 9.98. The first-order chi connectivity index (χ1) is 19.5. The summed E-state index contributed by atoms with van der Waals surface area (Å²) in [7, 11) is 2.06. The molecule has 5 rings (SSSR count). The number of aliphatic hydroxyl groups is 2. The molecular formula is C31H31NO9. The molecule has 3 atom stereocenters. The Morgan fingerprint density at radius 3 is 1.73 bits per heavy atom. The highest BCUT2D eigenvalue weighted by atomic mass is 16.5. The van der Waals surface area contributed by atoms with Crippen molar-refractivity contribution in [2.45, 2.75) is 42.9 Å². The third kappa shape index (κ3) is 5.49. The van der Waals surface area contributed by atoms with Gasteiger partial charge in [0.25, 0.3) is 11.2 Å². The zero-order chi connectivity index (χ0) is 29.8. The summed E-state index contributed by atoms with van der Waals surface area (Å²) in [5.74, 6) is -6.90. The van der Waals surface area contributed by atoms with Crippen molar-refractivity contribution in [3.8, 4) is 5.75 Å². The van der Waals surface area contributed by atoms with Crippen molar-refractivity contribution >= 4 is 23.5 Å². The van der Waals surface area contributed by atoms with Gasteiger partial charge in [-0.1, -0.05) is 66.7 Å². The van der Waals surface area contributed by atoms with Crippen LogP contribution in [0.1, 0.15) is 43.8 Å². The van der Waals surface area contributed by atoms with E-state index in [4.69, 9.17) is 4.74 Å². The van der Waals surface area contributed by atoms with Crippen LogP contribution >= 0.6 is 0 Å². The van der Waals surface area contributed by atoms with Crippen molar-refractivity contribution in [1.82, 2.24) is 5.32 Å². The Kier molecular flexibility index (Phi) is 8.67. The molecule has 214 valence electrons. The molecule has 3 unspecified atom stereocenters. The van der Waals surface area contributed by atoms with E-state index < -0.39 is 45.8 Å². The monoisotopic (exact) mass is 561 g/mol. The lowest BCUT2D eigenvalue weighted by Crippen LogP contribution is -2.71. The van der Waals surface area contributed by atoms with E-state index in [0.717, 1.165) is 49.5 Å². The van der Waals surface area contributed by atoms with Gasteiger partial charge in [0.1, 0.15) is 5.75 Å². The smallest absolute Gasteiger partial charge is 0.348 e. The molecule has 1 heterocycles. The quantitative estimate of drug-likeness (QED) is 0.203. The number of carbonyl (C=O) groups is 4. The maximum atomic E-state index is 12.6. The molecule has 0 spiro atoms. The zero-order valence-electron chi connectivity index (χ0n) is 22.4. The Labute approximate surface area is 236 Å². The first kappa shape index (κ1) is 29.6. The van der Waals surface area contributed by atoms with Gasteiger partial charge >= 0.3 is 11.9 Å². The summed E-state index contributed by atoms with van der Waals surface area (Å²) in [6, 6.07) is 18.1. The van der Waals surface area contributed by atoms with Crippen molar-refractivity contribution in [3.05, 3.63) is 101 Å². The van der Waals surface area contributed by atoms with Crippen LogP contribution in [-0.2, 0) is 28.9 Å². The van der Waals surface area contributed by atoms with Crippen LogP contribution in [0.2, 0.25) is 0 Å². The maximum Gasteiger partial charge on any atom is 0.348 e. The summed E-state index contributed by atoms with van der Waals surface area (Å²) >= 11 is 0. The van der Waals surface area contributed by atoms with Gasteiger partial charge in [-0.2, -0.15) is 0 Å². The van der Waals surface area contributed by atoms with Crippen LogP contribution in [0.4, 0.5) is 0 Å². The van der Waals surface area contributed by atoms with E-state index in [9.17, 15) is 39.6 Å².